The minimum atomic E-state index is -0.230. The van der Waals surface area contributed by atoms with Crippen LogP contribution < -0.4 is 37.9 Å². The zero-order valence-electron chi connectivity index (χ0n) is 43.0. The highest BCUT2D eigenvalue weighted by molar-refractivity contribution is 6.09. The lowest BCUT2D eigenvalue weighted by Crippen LogP contribution is -2.17. The first kappa shape index (κ1) is 54.1. The lowest BCUT2D eigenvalue weighted by Gasteiger charge is -2.23. The molecule has 0 aromatic heterocycles. The second-order valence-corrected chi connectivity index (χ2v) is 18.0. The third kappa shape index (κ3) is 15.4. The van der Waals surface area contributed by atoms with Crippen molar-refractivity contribution in [2.75, 3.05) is 106 Å². The zero-order chi connectivity index (χ0) is 49.7. The summed E-state index contributed by atoms with van der Waals surface area (Å²) in [6.07, 6.45) is 3.99. The van der Waals surface area contributed by atoms with Crippen LogP contribution in [0.1, 0.15) is 143 Å². The molecule has 0 saturated carbocycles. The van der Waals surface area contributed by atoms with Gasteiger partial charge in [-0.3, -0.25) is 4.79 Å². The van der Waals surface area contributed by atoms with Gasteiger partial charge in [0.15, 0.2) is 51.8 Å². The Morgan fingerprint density at radius 2 is 0.657 bits per heavy atom. The lowest BCUT2D eigenvalue weighted by molar-refractivity contribution is 0.0636. The first-order valence-corrected chi connectivity index (χ1v) is 25.7. The van der Waals surface area contributed by atoms with Gasteiger partial charge in [0.25, 0.3) is 0 Å². The van der Waals surface area contributed by atoms with Crippen LogP contribution >= 0.6 is 0 Å². The summed E-state index contributed by atoms with van der Waals surface area (Å²) in [5, 5.41) is 0. The Labute approximate surface area is 416 Å². The largest absolute Gasteiger partial charge is 0.487 e. The molecule has 0 aliphatic carbocycles. The molecular formula is C57H78O13. The summed E-state index contributed by atoms with van der Waals surface area (Å²) >= 11 is 0. The fourth-order valence-electron chi connectivity index (χ4n) is 8.03. The van der Waals surface area contributed by atoms with Gasteiger partial charge in [-0.25, -0.2) is 0 Å². The summed E-state index contributed by atoms with van der Waals surface area (Å²) in [4.78, 5) is 14.1. The molecule has 0 spiro atoms. The fourth-order valence-corrected chi connectivity index (χ4v) is 8.03. The van der Waals surface area contributed by atoms with E-state index in [0.29, 0.717) is 131 Å². The normalized spacial score (nSPS) is 17.8. The topological polar surface area (TPSA) is 128 Å². The van der Waals surface area contributed by atoms with Crippen LogP contribution in [0.3, 0.4) is 0 Å². The molecule has 384 valence electrons. The molecule has 0 radical (unpaired) electrons. The van der Waals surface area contributed by atoms with Gasteiger partial charge in [0, 0.05) is 22.3 Å². The van der Waals surface area contributed by atoms with E-state index in [-0.39, 0.29) is 38.1 Å². The van der Waals surface area contributed by atoms with Gasteiger partial charge in [-0.1, -0.05) is 67.5 Å². The SMILES string of the molecule is CC[C@@H](C)c1cc2c(c([C@H](C)CC)c1)OCCOCCOc1cc(C(=O)c3ccc4c(c3)OCCOCCOc3cc([C@@H](C)CC)cc([C@H](C)CC)c3OCCOCCO4)ccc1OCCOCCO2. The van der Waals surface area contributed by atoms with Crippen LogP contribution in [0.4, 0.5) is 0 Å². The fraction of sp³-hybridized carbons (Fsp3) is 0.561. The minimum absolute atomic E-state index is 0.223. The molecular weight excluding hydrogens is 893 g/mol. The standard InChI is InChI=1S/C57H78O13/c1-9-39(5)45-34-48(42(8)12-4)57-53(37-45)67-29-21-59-17-25-63-49-15-13-44(36-52(49)66-28-20-62-24-32-70-57)55(58)43-14-16-50-51(35-43)65-27-19-60-22-30-68-54-38-46(40(6)10-2)33-47(41(7)11-3)56(54)69-31-23-61-18-26-64-50/h13-16,33-42H,9-12,17-32H2,1-8H3/t39-,40+,41-,42-/m1/s1. The van der Waals surface area contributed by atoms with Gasteiger partial charge in [-0.05, 0) is 109 Å². The van der Waals surface area contributed by atoms with Crippen molar-refractivity contribution in [3.8, 4) is 46.0 Å². The molecule has 4 aromatic rings. The Balaban J connectivity index is 1.10. The van der Waals surface area contributed by atoms with Gasteiger partial charge in [0.05, 0.1) is 52.9 Å². The van der Waals surface area contributed by atoms with Crippen molar-refractivity contribution < 1.29 is 61.6 Å². The molecule has 2 heterocycles. The van der Waals surface area contributed by atoms with Crippen molar-refractivity contribution in [3.63, 3.8) is 0 Å². The highest BCUT2D eigenvalue weighted by Gasteiger charge is 2.23. The Hall–Kier alpha value is -5.21. The van der Waals surface area contributed by atoms with Gasteiger partial charge >= 0.3 is 0 Å². The summed E-state index contributed by atoms with van der Waals surface area (Å²) in [5.74, 6) is 5.89. The van der Waals surface area contributed by atoms with Crippen LogP contribution in [-0.4, -0.2) is 111 Å². The van der Waals surface area contributed by atoms with E-state index < -0.39 is 0 Å². The molecule has 2 aliphatic heterocycles. The molecule has 6 rings (SSSR count). The molecule has 0 amide bonds. The van der Waals surface area contributed by atoms with E-state index in [1.165, 1.54) is 11.1 Å². The summed E-state index contributed by atoms with van der Waals surface area (Å²) < 4.78 is 74.0. The maximum Gasteiger partial charge on any atom is 0.193 e. The smallest absolute Gasteiger partial charge is 0.193 e. The summed E-state index contributed by atoms with van der Waals surface area (Å²) in [6.45, 7) is 22.7. The average molecular weight is 971 g/mol. The van der Waals surface area contributed by atoms with Crippen molar-refractivity contribution >= 4 is 5.78 Å². The van der Waals surface area contributed by atoms with Crippen molar-refractivity contribution in [1.29, 1.82) is 0 Å². The van der Waals surface area contributed by atoms with Crippen LogP contribution in [0.5, 0.6) is 46.0 Å². The van der Waals surface area contributed by atoms with Gasteiger partial charge in [-0.2, -0.15) is 0 Å². The van der Waals surface area contributed by atoms with Crippen LogP contribution in [-0.2, 0) is 18.9 Å². The Kier molecular flexibility index (Phi) is 22.1. The second kappa shape index (κ2) is 28.6. The number of carbonyl (C=O) groups is 1. The first-order chi connectivity index (χ1) is 34.1. The number of rotatable bonds is 10. The number of ether oxygens (including phenoxy) is 12. The third-order valence-electron chi connectivity index (χ3n) is 13.1. The van der Waals surface area contributed by atoms with Gasteiger partial charge in [-0.15, -0.1) is 0 Å². The van der Waals surface area contributed by atoms with E-state index >= 15 is 0 Å². The third-order valence-corrected chi connectivity index (χ3v) is 13.1. The summed E-state index contributed by atoms with van der Waals surface area (Å²) in [7, 11) is 0. The first-order valence-electron chi connectivity index (χ1n) is 25.7. The number of fused-ring (bicyclic) bond motifs is 4. The predicted molar refractivity (Wildman–Crippen MR) is 271 cm³/mol. The number of hydrogen-bond acceptors (Lipinski definition) is 13. The van der Waals surface area contributed by atoms with Crippen LogP contribution in [0, 0.1) is 0 Å². The van der Waals surface area contributed by atoms with Crippen molar-refractivity contribution in [3.05, 3.63) is 94.0 Å². The van der Waals surface area contributed by atoms with Gasteiger partial charge in [0.1, 0.15) is 52.9 Å². The molecule has 0 unspecified atom stereocenters. The number of carbonyl (C=O) groups excluding carboxylic acids is 1. The predicted octanol–water partition coefficient (Wildman–Crippen LogP) is 11.5. The number of benzene rings is 4. The molecule has 0 fully saturated rings. The zero-order valence-corrected chi connectivity index (χ0v) is 43.0. The quantitative estimate of drug-likeness (QED) is 0.140. The maximum atomic E-state index is 14.1. The van der Waals surface area contributed by atoms with Crippen LogP contribution in [0.15, 0.2) is 60.7 Å². The molecule has 13 nitrogen and oxygen atoms in total. The molecule has 2 aliphatic rings. The van der Waals surface area contributed by atoms with E-state index in [2.05, 4.69) is 79.7 Å². The Morgan fingerprint density at radius 1 is 0.357 bits per heavy atom. The van der Waals surface area contributed by atoms with Gasteiger partial charge < -0.3 is 56.8 Å². The van der Waals surface area contributed by atoms with E-state index in [1.807, 2.05) is 0 Å². The van der Waals surface area contributed by atoms with Crippen LogP contribution in [0.2, 0.25) is 0 Å². The number of hydrogen-bond donors (Lipinski definition) is 0. The average Bonchev–Trinajstić information content (AvgIpc) is 3.38. The summed E-state index contributed by atoms with van der Waals surface area (Å²) in [6, 6.07) is 19.1. The highest BCUT2D eigenvalue weighted by atomic mass is 16.6. The van der Waals surface area contributed by atoms with E-state index in [0.717, 1.165) is 59.8 Å². The van der Waals surface area contributed by atoms with E-state index in [9.17, 15) is 4.79 Å². The Bertz CT molecular complexity index is 2230. The van der Waals surface area contributed by atoms with Crippen molar-refractivity contribution in [2.45, 2.75) is 105 Å². The molecule has 13 heteroatoms. The molecule has 0 bridgehead atoms. The molecule has 70 heavy (non-hydrogen) atoms. The van der Waals surface area contributed by atoms with Crippen molar-refractivity contribution in [1.82, 2.24) is 0 Å². The molecule has 0 saturated heterocycles. The highest BCUT2D eigenvalue weighted by Crippen LogP contribution is 2.42. The van der Waals surface area contributed by atoms with E-state index in [4.69, 9.17) is 56.8 Å². The van der Waals surface area contributed by atoms with E-state index in [1.54, 1.807) is 36.4 Å². The molecule has 0 N–H and O–H groups in total. The Morgan fingerprint density at radius 3 is 0.986 bits per heavy atom. The molecule has 4 aromatic carbocycles. The van der Waals surface area contributed by atoms with Crippen molar-refractivity contribution in [2.24, 2.45) is 0 Å². The number of ketones is 1. The van der Waals surface area contributed by atoms with Crippen LogP contribution in [0.25, 0.3) is 0 Å². The minimum Gasteiger partial charge on any atom is -0.487 e. The summed E-state index contributed by atoms with van der Waals surface area (Å²) in [5.41, 5.74) is 5.58. The van der Waals surface area contributed by atoms with Gasteiger partial charge in [0.2, 0.25) is 0 Å². The monoisotopic (exact) mass is 971 g/mol. The molecule has 4 atom stereocenters. The lowest BCUT2D eigenvalue weighted by atomic mass is 9.90. The maximum absolute atomic E-state index is 14.1. The second-order valence-electron chi connectivity index (χ2n) is 18.0.